The number of hydrogen-bond acceptors (Lipinski definition) is 5. The Balaban J connectivity index is 1.67. The first-order valence-corrected chi connectivity index (χ1v) is 10.0. The predicted molar refractivity (Wildman–Crippen MR) is 107 cm³/mol. The maximum absolute atomic E-state index is 13.9. The standard InChI is InChI=1S/C21H24FN3O4/c1-29-19-15(24-7-4-11(9-24)21(23)5-6-21)3-2-12-17(19)25(16-8-14(16)22)10-13(18(12)26)20(27)28/h2-3,10-11,14,16H,4-9,23H2,1H3,(H,27,28). The van der Waals surface area contributed by atoms with Crippen molar-refractivity contribution in [2.75, 3.05) is 25.1 Å². The molecule has 2 aliphatic carbocycles. The van der Waals surface area contributed by atoms with Crippen LogP contribution in [0.2, 0.25) is 0 Å². The van der Waals surface area contributed by atoms with E-state index in [4.69, 9.17) is 10.5 Å². The van der Waals surface area contributed by atoms with Crippen LogP contribution in [-0.4, -0.2) is 47.6 Å². The second-order valence-electron chi connectivity index (χ2n) is 8.58. The van der Waals surface area contributed by atoms with Crippen molar-refractivity contribution in [1.82, 2.24) is 4.57 Å². The number of benzene rings is 1. The van der Waals surface area contributed by atoms with E-state index in [1.165, 1.54) is 13.3 Å². The van der Waals surface area contributed by atoms with Crippen molar-refractivity contribution in [1.29, 1.82) is 0 Å². The second-order valence-corrected chi connectivity index (χ2v) is 8.58. The number of methoxy groups -OCH3 is 1. The number of rotatable bonds is 5. The number of fused-ring (bicyclic) bond motifs is 1. The summed E-state index contributed by atoms with van der Waals surface area (Å²) in [6.45, 7) is 1.64. The van der Waals surface area contributed by atoms with Crippen LogP contribution in [0.15, 0.2) is 23.1 Å². The summed E-state index contributed by atoms with van der Waals surface area (Å²) < 4.78 is 21.2. The Hall–Kier alpha value is -2.61. The van der Waals surface area contributed by atoms with Crippen molar-refractivity contribution in [3.05, 3.63) is 34.1 Å². The lowest BCUT2D eigenvalue weighted by atomic mass is 9.97. The van der Waals surface area contributed by atoms with Gasteiger partial charge in [-0.2, -0.15) is 0 Å². The van der Waals surface area contributed by atoms with Crippen LogP contribution >= 0.6 is 0 Å². The van der Waals surface area contributed by atoms with E-state index in [-0.39, 0.29) is 16.5 Å². The summed E-state index contributed by atoms with van der Waals surface area (Å²) in [6.07, 6.45) is 3.60. The number of ether oxygens (including phenoxy) is 1. The number of pyridine rings is 1. The van der Waals surface area contributed by atoms with Gasteiger partial charge in [-0.05, 0) is 37.3 Å². The number of carboxylic acid groups (broad SMARTS) is 1. The lowest BCUT2D eigenvalue weighted by Gasteiger charge is -2.25. The SMILES string of the molecule is COc1c(N2CCC(C3(N)CC3)C2)ccc2c(=O)c(C(=O)O)cn(C3CC3F)c12. The highest BCUT2D eigenvalue weighted by Gasteiger charge is 2.48. The van der Waals surface area contributed by atoms with E-state index in [0.717, 1.165) is 38.0 Å². The molecule has 0 amide bonds. The summed E-state index contributed by atoms with van der Waals surface area (Å²) in [5.74, 6) is -0.416. The van der Waals surface area contributed by atoms with Crippen LogP contribution in [0.4, 0.5) is 10.1 Å². The highest BCUT2D eigenvalue weighted by Crippen LogP contribution is 2.47. The molecular weight excluding hydrogens is 377 g/mol. The van der Waals surface area contributed by atoms with E-state index in [0.29, 0.717) is 23.6 Å². The van der Waals surface area contributed by atoms with Crippen LogP contribution in [-0.2, 0) is 0 Å². The van der Waals surface area contributed by atoms with Crippen molar-refractivity contribution in [2.45, 2.75) is 43.4 Å². The molecule has 0 radical (unpaired) electrons. The molecule has 7 nitrogen and oxygen atoms in total. The van der Waals surface area contributed by atoms with Crippen LogP contribution in [0, 0.1) is 5.92 Å². The largest absolute Gasteiger partial charge is 0.492 e. The third kappa shape index (κ3) is 2.80. The van der Waals surface area contributed by atoms with Gasteiger partial charge in [-0.25, -0.2) is 9.18 Å². The average molecular weight is 401 g/mol. The van der Waals surface area contributed by atoms with Gasteiger partial charge in [0.25, 0.3) is 0 Å². The van der Waals surface area contributed by atoms with E-state index >= 15 is 0 Å². The van der Waals surface area contributed by atoms with Crippen LogP contribution in [0.25, 0.3) is 10.9 Å². The van der Waals surface area contributed by atoms with Crippen LogP contribution in [0.1, 0.15) is 42.1 Å². The number of alkyl halides is 1. The Morgan fingerprint density at radius 2 is 2.10 bits per heavy atom. The number of nitrogens with zero attached hydrogens (tertiary/aromatic N) is 2. The second kappa shape index (κ2) is 6.19. The Morgan fingerprint density at radius 1 is 1.38 bits per heavy atom. The predicted octanol–water partition coefficient (Wildman–Crippen LogP) is 2.31. The number of aromatic nitrogens is 1. The molecule has 29 heavy (non-hydrogen) atoms. The van der Waals surface area contributed by atoms with Crippen molar-refractivity contribution in [2.24, 2.45) is 11.7 Å². The maximum Gasteiger partial charge on any atom is 0.341 e. The fourth-order valence-electron chi connectivity index (χ4n) is 4.71. The summed E-state index contributed by atoms with van der Waals surface area (Å²) in [4.78, 5) is 26.5. The quantitative estimate of drug-likeness (QED) is 0.798. The first-order chi connectivity index (χ1) is 13.8. The first-order valence-electron chi connectivity index (χ1n) is 10.0. The normalized spacial score (nSPS) is 27.3. The number of nitrogens with two attached hydrogens (primary N) is 1. The molecule has 1 aliphatic heterocycles. The number of anilines is 1. The third-order valence-electron chi connectivity index (χ3n) is 6.77. The Kier molecular flexibility index (Phi) is 3.93. The summed E-state index contributed by atoms with van der Waals surface area (Å²) in [5, 5.41) is 9.66. The minimum absolute atomic E-state index is 0.0627. The molecule has 1 saturated heterocycles. The monoisotopic (exact) mass is 401 g/mol. The number of halogens is 1. The van der Waals surface area contributed by atoms with Gasteiger partial charge in [0, 0.05) is 31.2 Å². The van der Waals surface area contributed by atoms with Crippen LogP contribution < -0.4 is 20.8 Å². The van der Waals surface area contributed by atoms with Crippen LogP contribution in [0.5, 0.6) is 5.75 Å². The smallest absolute Gasteiger partial charge is 0.341 e. The number of carboxylic acids is 1. The van der Waals surface area contributed by atoms with Gasteiger partial charge in [-0.15, -0.1) is 0 Å². The zero-order valence-electron chi connectivity index (χ0n) is 16.2. The molecule has 3 fully saturated rings. The van der Waals surface area contributed by atoms with Gasteiger partial charge >= 0.3 is 5.97 Å². The molecule has 0 bridgehead atoms. The van der Waals surface area contributed by atoms with Gasteiger partial charge in [0.05, 0.1) is 29.7 Å². The van der Waals surface area contributed by atoms with Crippen molar-refractivity contribution >= 4 is 22.6 Å². The molecule has 1 aromatic heterocycles. The summed E-state index contributed by atoms with van der Waals surface area (Å²) in [5.41, 5.74) is 6.70. The Morgan fingerprint density at radius 3 is 2.69 bits per heavy atom. The molecule has 3 atom stereocenters. The average Bonchev–Trinajstić information content (AvgIpc) is 3.56. The third-order valence-corrected chi connectivity index (χ3v) is 6.77. The molecule has 5 rings (SSSR count). The van der Waals surface area contributed by atoms with E-state index < -0.39 is 23.6 Å². The zero-order valence-corrected chi connectivity index (χ0v) is 16.2. The lowest BCUT2D eigenvalue weighted by Crippen LogP contribution is -2.34. The number of hydrogen-bond donors (Lipinski definition) is 2. The molecule has 0 spiro atoms. The summed E-state index contributed by atoms with van der Waals surface area (Å²) in [7, 11) is 1.52. The van der Waals surface area contributed by atoms with Gasteiger partial charge in [-0.3, -0.25) is 4.79 Å². The Bertz CT molecular complexity index is 1080. The number of carbonyl (C=O) groups is 1. The molecule has 3 aliphatic rings. The first kappa shape index (κ1) is 18.4. The van der Waals surface area contributed by atoms with Gasteiger partial charge in [0.15, 0.2) is 5.75 Å². The minimum Gasteiger partial charge on any atom is -0.492 e. The highest BCUT2D eigenvalue weighted by atomic mass is 19.1. The fourth-order valence-corrected chi connectivity index (χ4v) is 4.71. The summed E-state index contributed by atoms with van der Waals surface area (Å²) in [6, 6.07) is 2.96. The molecule has 2 aromatic rings. The number of aromatic carboxylic acids is 1. The molecule has 3 unspecified atom stereocenters. The van der Waals surface area contributed by atoms with Crippen molar-refractivity contribution in [3.63, 3.8) is 0 Å². The topological polar surface area (TPSA) is 97.8 Å². The molecule has 8 heteroatoms. The molecule has 154 valence electrons. The van der Waals surface area contributed by atoms with E-state index in [9.17, 15) is 19.1 Å². The van der Waals surface area contributed by atoms with Crippen molar-refractivity contribution < 1.29 is 19.0 Å². The van der Waals surface area contributed by atoms with E-state index in [1.54, 1.807) is 16.7 Å². The van der Waals surface area contributed by atoms with Crippen LogP contribution in [0.3, 0.4) is 0 Å². The Labute approximate surface area is 166 Å². The van der Waals surface area contributed by atoms with Gasteiger partial charge < -0.3 is 25.0 Å². The van der Waals surface area contributed by atoms with Gasteiger partial charge in [0.1, 0.15) is 11.7 Å². The van der Waals surface area contributed by atoms with E-state index in [2.05, 4.69) is 4.90 Å². The van der Waals surface area contributed by atoms with Crippen molar-refractivity contribution in [3.8, 4) is 5.75 Å². The molecule has 1 aromatic carbocycles. The van der Waals surface area contributed by atoms with Gasteiger partial charge in [0.2, 0.25) is 5.43 Å². The minimum atomic E-state index is -1.31. The molecular formula is C21H24FN3O4. The highest BCUT2D eigenvalue weighted by molar-refractivity contribution is 5.97. The molecule has 3 N–H and O–H groups in total. The lowest BCUT2D eigenvalue weighted by molar-refractivity contribution is 0.0694. The van der Waals surface area contributed by atoms with E-state index in [1.807, 2.05) is 0 Å². The summed E-state index contributed by atoms with van der Waals surface area (Å²) >= 11 is 0. The maximum atomic E-state index is 13.9. The zero-order chi connectivity index (χ0) is 20.5. The molecule has 2 saturated carbocycles. The molecule has 2 heterocycles. The fraction of sp³-hybridized carbons (Fsp3) is 0.524. The van der Waals surface area contributed by atoms with Gasteiger partial charge in [-0.1, -0.05) is 0 Å².